The molecule has 3 heteroatoms. The fourth-order valence-corrected chi connectivity index (χ4v) is 1.12. The maximum absolute atomic E-state index is 8.61. The Labute approximate surface area is 90.5 Å². The van der Waals surface area contributed by atoms with Crippen LogP contribution in [0.2, 0.25) is 0 Å². The normalized spacial score (nSPS) is 12.1. The second kappa shape index (κ2) is 6.18. The van der Waals surface area contributed by atoms with Crippen molar-refractivity contribution >= 4 is 0 Å². The molecule has 0 saturated heterocycles. The predicted molar refractivity (Wildman–Crippen MR) is 59.1 cm³/mol. The highest BCUT2D eigenvalue weighted by Crippen LogP contribution is 2.05. The molecule has 80 valence electrons. The first-order chi connectivity index (χ1) is 7.26. The summed E-state index contributed by atoms with van der Waals surface area (Å²) in [4.78, 5) is 0. The van der Waals surface area contributed by atoms with Crippen molar-refractivity contribution in [1.29, 1.82) is 5.26 Å². The third kappa shape index (κ3) is 4.11. The van der Waals surface area contributed by atoms with Gasteiger partial charge in [-0.05, 0) is 24.1 Å². The molecule has 0 aromatic heterocycles. The average molecular weight is 204 g/mol. The lowest BCUT2D eigenvalue weighted by Crippen LogP contribution is -2.24. The largest absolute Gasteiger partial charge is 0.375 e. The molecule has 1 aromatic rings. The Hall–Kier alpha value is -1.37. The molecule has 2 N–H and O–H groups in total. The van der Waals surface area contributed by atoms with Gasteiger partial charge < -0.3 is 10.5 Å². The second-order valence-electron chi connectivity index (χ2n) is 3.49. The quantitative estimate of drug-likeness (QED) is 0.795. The van der Waals surface area contributed by atoms with E-state index in [4.69, 9.17) is 15.7 Å². The van der Waals surface area contributed by atoms with Gasteiger partial charge in [-0.25, -0.2) is 0 Å². The van der Waals surface area contributed by atoms with Gasteiger partial charge in [0.1, 0.15) is 0 Å². The van der Waals surface area contributed by atoms with Gasteiger partial charge in [0.2, 0.25) is 0 Å². The summed E-state index contributed by atoms with van der Waals surface area (Å²) in [6, 6.07) is 9.57. The Bertz CT molecular complexity index is 326. The molecule has 0 aliphatic carbocycles. The van der Waals surface area contributed by atoms with Crippen molar-refractivity contribution < 1.29 is 4.74 Å². The van der Waals surface area contributed by atoms with Crippen LogP contribution in [0.1, 0.15) is 24.5 Å². The Morgan fingerprint density at radius 1 is 1.40 bits per heavy atom. The first-order valence-corrected chi connectivity index (χ1v) is 5.08. The van der Waals surface area contributed by atoms with E-state index >= 15 is 0 Å². The Morgan fingerprint density at radius 3 is 2.60 bits per heavy atom. The molecule has 0 aliphatic rings. The van der Waals surface area contributed by atoms with Crippen molar-refractivity contribution in [2.75, 3.05) is 6.61 Å². The molecule has 1 aromatic carbocycles. The molecule has 1 atom stereocenters. The van der Waals surface area contributed by atoms with Gasteiger partial charge >= 0.3 is 0 Å². The fourth-order valence-electron chi connectivity index (χ4n) is 1.12. The van der Waals surface area contributed by atoms with Crippen LogP contribution >= 0.6 is 0 Å². The summed E-state index contributed by atoms with van der Waals surface area (Å²) in [5.41, 5.74) is 7.45. The maximum atomic E-state index is 8.61. The van der Waals surface area contributed by atoms with Crippen LogP contribution in [0.5, 0.6) is 0 Å². The summed E-state index contributed by atoms with van der Waals surface area (Å²) < 4.78 is 5.44. The number of hydrogen-bond donors (Lipinski definition) is 1. The molecule has 0 fully saturated rings. The highest BCUT2D eigenvalue weighted by Gasteiger charge is 1.99. The molecule has 0 aliphatic heterocycles. The highest BCUT2D eigenvalue weighted by molar-refractivity contribution is 5.31. The molecule has 15 heavy (non-hydrogen) atoms. The van der Waals surface area contributed by atoms with Crippen LogP contribution in [0.3, 0.4) is 0 Å². The van der Waals surface area contributed by atoms with E-state index in [0.717, 1.165) is 12.0 Å². The number of ether oxygens (including phenoxy) is 1. The van der Waals surface area contributed by atoms with E-state index in [2.05, 4.69) is 6.07 Å². The molecule has 1 rings (SSSR count). The van der Waals surface area contributed by atoms with Crippen molar-refractivity contribution in [3.63, 3.8) is 0 Å². The molecular weight excluding hydrogens is 188 g/mol. The number of rotatable bonds is 5. The zero-order valence-corrected chi connectivity index (χ0v) is 8.94. The van der Waals surface area contributed by atoms with E-state index in [0.29, 0.717) is 18.8 Å². The van der Waals surface area contributed by atoms with Gasteiger partial charge in [-0.2, -0.15) is 5.26 Å². The predicted octanol–water partition coefficient (Wildman–Crippen LogP) is 1.81. The fraction of sp³-hybridized carbons (Fsp3) is 0.417. The summed E-state index contributed by atoms with van der Waals surface area (Å²) in [7, 11) is 0. The van der Waals surface area contributed by atoms with Crippen LogP contribution < -0.4 is 5.73 Å². The number of nitriles is 1. The van der Waals surface area contributed by atoms with Gasteiger partial charge in [0.05, 0.1) is 24.8 Å². The summed E-state index contributed by atoms with van der Waals surface area (Å²) in [5, 5.41) is 8.61. The molecule has 0 amide bonds. The summed E-state index contributed by atoms with van der Waals surface area (Å²) in [6.45, 7) is 3.17. The van der Waals surface area contributed by atoms with E-state index < -0.39 is 0 Å². The average Bonchev–Trinajstić information content (AvgIpc) is 2.29. The van der Waals surface area contributed by atoms with Gasteiger partial charge in [-0.1, -0.05) is 19.1 Å². The third-order valence-corrected chi connectivity index (χ3v) is 2.21. The molecular formula is C12H16N2O. The number of nitrogens with two attached hydrogens (primary N) is 1. The lowest BCUT2D eigenvalue weighted by molar-refractivity contribution is 0.107. The number of benzene rings is 1. The smallest absolute Gasteiger partial charge is 0.0991 e. The first kappa shape index (κ1) is 11.7. The van der Waals surface area contributed by atoms with Crippen molar-refractivity contribution in [2.45, 2.75) is 26.0 Å². The lowest BCUT2D eigenvalue weighted by atomic mass is 10.1. The highest BCUT2D eigenvalue weighted by atomic mass is 16.5. The third-order valence-electron chi connectivity index (χ3n) is 2.21. The van der Waals surface area contributed by atoms with Gasteiger partial charge in [0.15, 0.2) is 0 Å². The van der Waals surface area contributed by atoms with Crippen molar-refractivity contribution in [1.82, 2.24) is 0 Å². The number of nitrogens with zero attached hydrogens (tertiary/aromatic N) is 1. The van der Waals surface area contributed by atoms with Crippen molar-refractivity contribution in [3.05, 3.63) is 35.4 Å². The van der Waals surface area contributed by atoms with Gasteiger partial charge in [-0.15, -0.1) is 0 Å². The van der Waals surface area contributed by atoms with Crippen LogP contribution in [0.25, 0.3) is 0 Å². The zero-order chi connectivity index (χ0) is 11.1. The minimum Gasteiger partial charge on any atom is -0.375 e. The molecule has 0 bridgehead atoms. The van der Waals surface area contributed by atoms with Gasteiger partial charge in [-0.3, -0.25) is 0 Å². The van der Waals surface area contributed by atoms with Crippen LogP contribution in [0.4, 0.5) is 0 Å². The van der Waals surface area contributed by atoms with Crippen molar-refractivity contribution in [3.8, 4) is 6.07 Å². The van der Waals surface area contributed by atoms with E-state index in [1.165, 1.54) is 0 Å². The number of hydrogen-bond acceptors (Lipinski definition) is 3. The van der Waals surface area contributed by atoms with E-state index in [-0.39, 0.29) is 6.04 Å². The summed E-state index contributed by atoms with van der Waals surface area (Å²) in [5.74, 6) is 0. The van der Waals surface area contributed by atoms with Crippen LogP contribution in [0, 0.1) is 11.3 Å². The van der Waals surface area contributed by atoms with E-state index in [1.54, 1.807) is 12.1 Å². The second-order valence-corrected chi connectivity index (χ2v) is 3.49. The minimum absolute atomic E-state index is 0.114. The Morgan fingerprint density at radius 2 is 2.07 bits per heavy atom. The molecule has 0 radical (unpaired) electrons. The topological polar surface area (TPSA) is 59.0 Å². The SMILES string of the molecule is CCC(N)COCc1ccc(C#N)cc1. The Kier molecular flexibility index (Phi) is 4.82. The van der Waals surface area contributed by atoms with Crippen LogP contribution in [-0.2, 0) is 11.3 Å². The summed E-state index contributed by atoms with van der Waals surface area (Å²) in [6.07, 6.45) is 0.924. The Balaban J connectivity index is 2.35. The minimum atomic E-state index is 0.114. The van der Waals surface area contributed by atoms with Crippen LogP contribution in [0.15, 0.2) is 24.3 Å². The van der Waals surface area contributed by atoms with Crippen LogP contribution in [-0.4, -0.2) is 12.6 Å². The van der Waals surface area contributed by atoms with Crippen molar-refractivity contribution in [2.24, 2.45) is 5.73 Å². The van der Waals surface area contributed by atoms with E-state index in [9.17, 15) is 0 Å². The van der Waals surface area contributed by atoms with E-state index in [1.807, 2.05) is 19.1 Å². The first-order valence-electron chi connectivity index (χ1n) is 5.08. The zero-order valence-electron chi connectivity index (χ0n) is 8.94. The monoisotopic (exact) mass is 204 g/mol. The molecule has 0 spiro atoms. The maximum Gasteiger partial charge on any atom is 0.0991 e. The molecule has 1 unspecified atom stereocenters. The summed E-state index contributed by atoms with van der Waals surface area (Å²) >= 11 is 0. The molecule has 0 heterocycles. The lowest BCUT2D eigenvalue weighted by Gasteiger charge is -2.09. The standard InChI is InChI=1S/C12H16N2O/c1-2-12(14)9-15-8-11-5-3-10(7-13)4-6-11/h3-6,12H,2,8-9,14H2,1H3. The van der Waals surface area contributed by atoms with Gasteiger partial charge in [0.25, 0.3) is 0 Å². The molecule has 0 saturated carbocycles. The molecule has 3 nitrogen and oxygen atoms in total. The van der Waals surface area contributed by atoms with Gasteiger partial charge in [0, 0.05) is 6.04 Å².